The van der Waals surface area contributed by atoms with Crippen molar-refractivity contribution in [3.05, 3.63) is 39.7 Å². The molecule has 3 nitrogen and oxygen atoms in total. The van der Waals surface area contributed by atoms with Crippen LogP contribution in [0, 0.1) is 5.82 Å². The number of aromatic nitrogens is 1. The highest BCUT2D eigenvalue weighted by Gasteiger charge is 2.39. The fourth-order valence-corrected chi connectivity index (χ4v) is 2.29. The first-order valence-corrected chi connectivity index (χ1v) is 5.60. The maximum atomic E-state index is 13.0. The van der Waals surface area contributed by atoms with Gasteiger partial charge in [-0.2, -0.15) is 13.2 Å². The lowest BCUT2D eigenvalue weighted by molar-refractivity contribution is -0.141. The van der Waals surface area contributed by atoms with Crippen LogP contribution < -0.4 is 0 Å². The Balaban J connectivity index is 2.94. The molecule has 0 amide bonds. The minimum Gasteiger partial charge on any atom is -0.478 e. The summed E-state index contributed by atoms with van der Waals surface area (Å²) in [5, 5.41) is 8.97. The summed E-state index contributed by atoms with van der Waals surface area (Å²) in [7, 11) is 0. The van der Waals surface area contributed by atoms with Crippen LogP contribution in [0.4, 0.5) is 17.6 Å². The monoisotopic (exact) mass is 337 g/mol. The zero-order valence-electron chi connectivity index (χ0n) is 8.92. The summed E-state index contributed by atoms with van der Waals surface area (Å²) in [5.74, 6) is -2.53. The van der Waals surface area contributed by atoms with Gasteiger partial charge in [-0.15, -0.1) is 0 Å². The molecule has 1 heterocycles. The van der Waals surface area contributed by atoms with Crippen molar-refractivity contribution in [3.8, 4) is 0 Å². The van der Waals surface area contributed by atoms with E-state index in [1.807, 2.05) is 0 Å². The molecule has 0 fully saturated rings. The van der Waals surface area contributed by atoms with Gasteiger partial charge in [0.1, 0.15) is 11.4 Å². The number of hydrogen-bond acceptors (Lipinski definition) is 2. The first kappa shape index (κ1) is 13.7. The first-order valence-electron chi connectivity index (χ1n) is 4.81. The molecule has 2 rings (SSSR count). The van der Waals surface area contributed by atoms with Gasteiger partial charge in [0.05, 0.1) is 5.52 Å². The van der Waals surface area contributed by atoms with E-state index in [0.717, 1.165) is 18.2 Å². The van der Waals surface area contributed by atoms with Crippen molar-refractivity contribution in [1.29, 1.82) is 0 Å². The Labute approximate surface area is 112 Å². The molecule has 0 bridgehead atoms. The van der Waals surface area contributed by atoms with E-state index in [-0.39, 0.29) is 15.4 Å². The Morgan fingerprint density at radius 1 is 1.32 bits per heavy atom. The van der Waals surface area contributed by atoms with Crippen LogP contribution in [0.5, 0.6) is 0 Å². The van der Waals surface area contributed by atoms with Crippen LogP contribution in [0.2, 0.25) is 0 Å². The predicted octanol–water partition coefficient (Wildman–Crippen LogP) is 3.85. The number of carboxylic acids is 1. The molecule has 0 spiro atoms. The Morgan fingerprint density at radius 2 is 1.95 bits per heavy atom. The number of aromatic carboxylic acids is 1. The number of nitrogens with zero attached hydrogens (tertiary/aromatic N) is 1. The second-order valence-corrected chi connectivity index (χ2v) is 4.41. The molecule has 0 unspecified atom stereocenters. The standard InChI is InChI=1S/C11H4BrF4NO2/c12-8-5-2-1-4(13)3-6(5)17-9(11(14,15)16)7(8)10(18)19/h1-3H,(H,18,19). The van der Waals surface area contributed by atoms with Gasteiger partial charge in [0.25, 0.3) is 0 Å². The molecule has 1 aromatic heterocycles. The van der Waals surface area contributed by atoms with Gasteiger partial charge in [-0.3, -0.25) is 0 Å². The van der Waals surface area contributed by atoms with Crippen molar-refractivity contribution < 1.29 is 27.5 Å². The van der Waals surface area contributed by atoms with E-state index in [9.17, 15) is 22.4 Å². The van der Waals surface area contributed by atoms with Crippen molar-refractivity contribution in [2.24, 2.45) is 0 Å². The highest BCUT2D eigenvalue weighted by atomic mass is 79.9. The maximum Gasteiger partial charge on any atom is 0.434 e. The van der Waals surface area contributed by atoms with Crippen molar-refractivity contribution in [2.45, 2.75) is 6.18 Å². The number of hydrogen-bond donors (Lipinski definition) is 1. The SMILES string of the molecule is O=C(O)c1c(C(F)(F)F)nc2cc(F)ccc2c1Br. The van der Waals surface area contributed by atoms with Crippen LogP contribution in [-0.2, 0) is 6.18 Å². The van der Waals surface area contributed by atoms with Gasteiger partial charge in [-0.25, -0.2) is 14.2 Å². The van der Waals surface area contributed by atoms with Crippen LogP contribution in [0.15, 0.2) is 22.7 Å². The molecular weight excluding hydrogens is 334 g/mol. The lowest BCUT2D eigenvalue weighted by Gasteiger charge is -2.12. The third-order valence-corrected chi connectivity index (χ3v) is 3.19. The van der Waals surface area contributed by atoms with Gasteiger partial charge < -0.3 is 5.11 Å². The number of rotatable bonds is 1. The number of alkyl halides is 3. The number of pyridine rings is 1. The van der Waals surface area contributed by atoms with Gasteiger partial charge in [-0.1, -0.05) is 0 Å². The molecule has 1 aromatic carbocycles. The smallest absolute Gasteiger partial charge is 0.434 e. The fraction of sp³-hybridized carbons (Fsp3) is 0.0909. The Bertz CT molecular complexity index is 684. The molecule has 19 heavy (non-hydrogen) atoms. The maximum absolute atomic E-state index is 13.0. The summed E-state index contributed by atoms with van der Waals surface area (Å²) in [4.78, 5) is 14.2. The molecule has 0 radical (unpaired) electrons. The van der Waals surface area contributed by atoms with Gasteiger partial charge >= 0.3 is 12.1 Å². The third kappa shape index (κ3) is 2.40. The van der Waals surface area contributed by atoms with E-state index < -0.39 is 29.2 Å². The van der Waals surface area contributed by atoms with E-state index >= 15 is 0 Å². The van der Waals surface area contributed by atoms with Crippen LogP contribution in [0.1, 0.15) is 16.1 Å². The average molecular weight is 338 g/mol. The number of carbonyl (C=O) groups is 1. The van der Waals surface area contributed by atoms with Crippen molar-refractivity contribution in [1.82, 2.24) is 4.98 Å². The van der Waals surface area contributed by atoms with E-state index in [1.54, 1.807) is 0 Å². The minimum atomic E-state index is -4.95. The molecule has 0 aliphatic carbocycles. The third-order valence-electron chi connectivity index (χ3n) is 2.37. The van der Waals surface area contributed by atoms with E-state index in [2.05, 4.69) is 20.9 Å². The Kier molecular flexibility index (Phi) is 3.21. The quantitative estimate of drug-likeness (QED) is 0.804. The molecule has 2 aromatic rings. The first-order chi connectivity index (χ1) is 8.71. The van der Waals surface area contributed by atoms with E-state index in [4.69, 9.17) is 5.11 Å². The lowest BCUT2D eigenvalue weighted by Crippen LogP contribution is -2.16. The normalized spacial score (nSPS) is 11.8. The van der Waals surface area contributed by atoms with Crippen molar-refractivity contribution in [3.63, 3.8) is 0 Å². The lowest BCUT2D eigenvalue weighted by atomic mass is 10.1. The van der Waals surface area contributed by atoms with E-state index in [0.29, 0.717) is 0 Å². The number of carboxylic acid groups (broad SMARTS) is 1. The Hall–Kier alpha value is -1.70. The van der Waals surface area contributed by atoms with Crippen molar-refractivity contribution >= 4 is 32.8 Å². The van der Waals surface area contributed by atoms with Crippen molar-refractivity contribution in [2.75, 3.05) is 0 Å². The van der Waals surface area contributed by atoms with Gasteiger partial charge in [0.15, 0.2) is 5.69 Å². The molecule has 0 aliphatic heterocycles. The Morgan fingerprint density at radius 3 is 2.47 bits per heavy atom. The molecule has 0 saturated heterocycles. The molecule has 0 atom stereocenters. The summed E-state index contributed by atoms with van der Waals surface area (Å²) in [6.07, 6.45) is -4.95. The highest BCUT2D eigenvalue weighted by molar-refractivity contribution is 9.10. The molecule has 100 valence electrons. The second-order valence-electron chi connectivity index (χ2n) is 3.61. The zero-order chi connectivity index (χ0) is 14.4. The number of halogens is 5. The summed E-state index contributed by atoms with van der Waals surface area (Å²) >= 11 is 2.81. The van der Waals surface area contributed by atoms with Gasteiger partial charge in [-0.05, 0) is 28.1 Å². The average Bonchev–Trinajstić information content (AvgIpc) is 2.26. The summed E-state index contributed by atoms with van der Waals surface area (Å²) in [5.41, 5.74) is -2.83. The molecule has 8 heteroatoms. The molecule has 0 saturated carbocycles. The van der Waals surface area contributed by atoms with E-state index in [1.165, 1.54) is 0 Å². The largest absolute Gasteiger partial charge is 0.478 e. The fourth-order valence-electron chi connectivity index (χ4n) is 1.60. The van der Waals surface area contributed by atoms with Gasteiger partial charge in [0.2, 0.25) is 0 Å². The number of fused-ring (bicyclic) bond motifs is 1. The highest BCUT2D eigenvalue weighted by Crippen LogP contribution is 2.37. The van der Waals surface area contributed by atoms with Crippen LogP contribution in [0.25, 0.3) is 10.9 Å². The zero-order valence-corrected chi connectivity index (χ0v) is 10.5. The van der Waals surface area contributed by atoms with Crippen LogP contribution in [0.3, 0.4) is 0 Å². The van der Waals surface area contributed by atoms with Gasteiger partial charge in [0, 0.05) is 15.9 Å². The van der Waals surface area contributed by atoms with Crippen LogP contribution >= 0.6 is 15.9 Å². The molecular formula is C11H4BrF4NO2. The number of benzene rings is 1. The topological polar surface area (TPSA) is 50.2 Å². The predicted molar refractivity (Wildman–Crippen MR) is 61.4 cm³/mol. The minimum absolute atomic E-state index is 0.0896. The molecule has 1 N–H and O–H groups in total. The second kappa shape index (κ2) is 4.44. The summed E-state index contributed by atoms with van der Waals surface area (Å²) in [6, 6.07) is 2.98. The molecule has 0 aliphatic rings. The summed E-state index contributed by atoms with van der Waals surface area (Å²) < 4.78 is 51.1. The summed E-state index contributed by atoms with van der Waals surface area (Å²) in [6.45, 7) is 0. The van der Waals surface area contributed by atoms with Crippen LogP contribution in [-0.4, -0.2) is 16.1 Å².